The first-order chi connectivity index (χ1) is 12.1. The number of carbonyl (C=O) groups is 2. The lowest BCUT2D eigenvalue weighted by Crippen LogP contribution is -2.41. The first-order valence-corrected chi connectivity index (χ1v) is 8.83. The second kappa shape index (κ2) is 6.39. The van der Waals surface area contributed by atoms with E-state index < -0.39 is 0 Å². The molecule has 3 heterocycles. The minimum atomic E-state index is -0.270. The predicted molar refractivity (Wildman–Crippen MR) is 94.1 cm³/mol. The lowest BCUT2D eigenvalue weighted by Gasteiger charge is -2.32. The van der Waals surface area contributed by atoms with E-state index in [1.165, 1.54) is 5.56 Å². The van der Waals surface area contributed by atoms with Gasteiger partial charge in [0.05, 0.1) is 18.7 Å². The van der Waals surface area contributed by atoms with Crippen LogP contribution >= 0.6 is 0 Å². The number of nitrogens with zero attached hydrogens (tertiary/aromatic N) is 2. The number of aryl methyl sites for hydroxylation is 2. The van der Waals surface area contributed by atoms with Gasteiger partial charge in [-0.05, 0) is 43.0 Å². The second-order valence-corrected chi connectivity index (χ2v) is 6.93. The van der Waals surface area contributed by atoms with E-state index in [2.05, 4.69) is 6.07 Å². The lowest BCUT2D eigenvalue weighted by atomic mass is 9.96. The Kier molecular flexibility index (Phi) is 4.07. The number of furan rings is 1. The van der Waals surface area contributed by atoms with Crippen LogP contribution in [0.3, 0.4) is 0 Å². The SMILES string of the molecule is Cc1cccc2c1N(C(=O)C1CC(=O)N(Cc3ccco3)C1)CCC2. The highest BCUT2D eigenvalue weighted by Crippen LogP contribution is 2.33. The van der Waals surface area contributed by atoms with Gasteiger partial charge in [0, 0.05) is 25.2 Å². The molecule has 1 unspecified atom stereocenters. The van der Waals surface area contributed by atoms with Crippen molar-refractivity contribution in [3.8, 4) is 0 Å². The molecule has 2 aromatic rings. The predicted octanol–water partition coefficient (Wildman–Crippen LogP) is 2.92. The summed E-state index contributed by atoms with van der Waals surface area (Å²) in [6.45, 7) is 3.69. The zero-order valence-electron chi connectivity index (χ0n) is 14.4. The third kappa shape index (κ3) is 2.95. The average Bonchev–Trinajstić information content (AvgIpc) is 3.25. The molecule has 1 aromatic carbocycles. The summed E-state index contributed by atoms with van der Waals surface area (Å²) in [5, 5.41) is 0. The molecule has 0 spiro atoms. The van der Waals surface area contributed by atoms with E-state index in [-0.39, 0.29) is 24.2 Å². The number of fused-ring (bicyclic) bond motifs is 1. The van der Waals surface area contributed by atoms with Crippen LogP contribution in [0.15, 0.2) is 41.0 Å². The zero-order valence-corrected chi connectivity index (χ0v) is 14.4. The van der Waals surface area contributed by atoms with Gasteiger partial charge in [0.15, 0.2) is 0 Å². The summed E-state index contributed by atoms with van der Waals surface area (Å²) >= 11 is 0. The summed E-state index contributed by atoms with van der Waals surface area (Å²) in [4.78, 5) is 29.1. The quantitative estimate of drug-likeness (QED) is 0.865. The van der Waals surface area contributed by atoms with Gasteiger partial charge in [0.1, 0.15) is 5.76 Å². The first kappa shape index (κ1) is 15.9. The van der Waals surface area contributed by atoms with E-state index in [4.69, 9.17) is 4.42 Å². The Bertz CT molecular complexity index is 797. The molecule has 2 amide bonds. The number of hydrogen-bond donors (Lipinski definition) is 0. The van der Waals surface area contributed by atoms with Gasteiger partial charge in [-0.25, -0.2) is 0 Å². The summed E-state index contributed by atoms with van der Waals surface area (Å²) < 4.78 is 5.33. The van der Waals surface area contributed by atoms with E-state index in [0.29, 0.717) is 13.1 Å². The average molecular weight is 338 g/mol. The van der Waals surface area contributed by atoms with Crippen LogP contribution in [0.1, 0.15) is 29.7 Å². The molecule has 1 atom stereocenters. The molecule has 1 aromatic heterocycles. The number of para-hydroxylation sites is 1. The van der Waals surface area contributed by atoms with Crippen molar-refractivity contribution in [1.29, 1.82) is 0 Å². The Morgan fingerprint density at radius 2 is 2.16 bits per heavy atom. The van der Waals surface area contributed by atoms with Crippen LogP contribution in [0.4, 0.5) is 5.69 Å². The molecule has 5 heteroatoms. The van der Waals surface area contributed by atoms with Crippen LogP contribution in [-0.4, -0.2) is 29.8 Å². The van der Waals surface area contributed by atoms with Gasteiger partial charge < -0.3 is 14.2 Å². The molecule has 0 bridgehead atoms. The molecular weight excluding hydrogens is 316 g/mol. The van der Waals surface area contributed by atoms with Crippen molar-refractivity contribution in [3.63, 3.8) is 0 Å². The highest BCUT2D eigenvalue weighted by Gasteiger charge is 2.38. The largest absolute Gasteiger partial charge is 0.467 e. The number of benzene rings is 1. The standard InChI is InChI=1S/C20H22N2O3/c1-14-5-2-6-15-7-3-9-22(19(14)15)20(24)16-11-18(23)21(12-16)13-17-8-4-10-25-17/h2,4-6,8,10,16H,3,7,9,11-13H2,1H3. The van der Waals surface area contributed by atoms with Gasteiger partial charge in [-0.3, -0.25) is 9.59 Å². The lowest BCUT2D eigenvalue weighted by molar-refractivity contribution is -0.129. The van der Waals surface area contributed by atoms with Gasteiger partial charge in [-0.2, -0.15) is 0 Å². The molecule has 1 saturated heterocycles. The fourth-order valence-corrected chi connectivity index (χ4v) is 3.97. The van der Waals surface area contributed by atoms with Crippen molar-refractivity contribution >= 4 is 17.5 Å². The molecule has 1 fully saturated rings. The Hall–Kier alpha value is -2.56. The summed E-state index contributed by atoms with van der Waals surface area (Å²) in [6, 6.07) is 9.86. The van der Waals surface area contributed by atoms with Gasteiger partial charge in [0.2, 0.25) is 11.8 Å². The van der Waals surface area contributed by atoms with Crippen molar-refractivity contribution in [2.75, 3.05) is 18.0 Å². The van der Waals surface area contributed by atoms with Crippen LogP contribution in [0.5, 0.6) is 0 Å². The topological polar surface area (TPSA) is 53.8 Å². The summed E-state index contributed by atoms with van der Waals surface area (Å²) in [6.07, 6.45) is 3.87. The molecule has 0 radical (unpaired) electrons. The molecular formula is C20H22N2O3. The number of carbonyl (C=O) groups excluding carboxylic acids is 2. The van der Waals surface area contributed by atoms with E-state index >= 15 is 0 Å². The van der Waals surface area contributed by atoms with Crippen molar-refractivity contribution < 1.29 is 14.0 Å². The molecule has 0 N–H and O–H groups in total. The number of likely N-dealkylation sites (tertiary alicyclic amines) is 1. The van der Waals surface area contributed by atoms with Crippen LogP contribution < -0.4 is 4.90 Å². The molecule has 2 aliphatic heterocycles. The third-order valence-electron chi connectivity index (χ3n) is 5.18. The summed E-state index contributed by atoms with van der Waals surface area (Å²) in [7, 11) is 0. The third-order valence-corrected chi connectivity index (χ3v) is 5.18. The van der Waals surface area contributed by atoms with Gasteiger partial charge >= 0.3 is 0 Å². The second-order valence-electron chi connectivity index (χ2n) is 6.93. The fraction of sp³-hybridized carbons (Fsp3) is 0.400. The number of rotatable bonds is 3. The summed E-state index contributed by atoms with van der Waals surface area (Å²) in [5.41, 5.74) is 3.41. The van der Waals surface area contributed by atoms with Crippen molar-refractivity contribution in [2.45, 2.75) is 32.7 Å². The van der Waals surface area contributed by atoms with Crippen LogP contribution in [-0.2, 0) is 22.6 Å². The maximum atomic E-state index is 13.1. The Morgan fingerprint density at radius 1 is 1.28 bits per heavy atom. The molecule has 2 aliphatic rings. The van der Waals surface area contributed by atoms with E-state index in [1.807, 2.05) is 36.1 Å². The molecule has 4 rings (SSSR count). The van der Waals surface area contributed by atoms with Crippen LogP contribution in [0.25, 0.3) is 0 Å². The molecule has 25 heavy (non-hydrogen) atoms. The normalized spacial score (nSPS) is 20.0. The van der Waals surface area contributed by atoms with Gasteiger partial charge in [-0.1, -0.05) is 18.2 Å². The molecule has 0 aliphatic carbocycles. The monoisotopic (exact) mass is 338 g/mol. The maximum absolute atomic E-state index is 13.1. The van der Waals surface area contributed by atoms with E-state index in [9.17, 15) is 9.59 Å². The Balaban J connectivity index is 1.52. The smallest absolute Gasteiger partial charge is 0.232 e. The number of amides is 2. The zero-order chi connectivity index (χ0) is 17.4. The minimum Gasteiger partial charge on any atom is -0.467 e. The summed E-state index contributed by atoms with van der Waals surface area (Å²) in [5.74, 6) is 0.580. The van der Waals surface area contributed by atoms with Crippen LogP contribution in [0.2, 0.25) is 0 Å². The Labute approximate surface area is 147 Å². The highest BCUT2D eigenvalue weighted by atomic mass is 16.3. The number of hydrogen-bond acceptors (Lipinski definition) is 3. The van der Waals surface area contributed by atoms with Crippen LogP contribution in [0, 0.1) is 12.8 Å². The molecule has 130 valence electrons. The van der Waals surface area contributed by atoms with Gasteiger partial charge in [0.25, 0.3) is 0 Å². The molecule has 0 saturated carbocycles. The van der Waals surface area contributed by atoms with Crippen molar-refractivity contribution in [1.82, 2.24) is 4.90 Å². The van der Waals surface area contributed by atoms with E-state index in [0.717, 1.165) is 36.4 Å². The van der Waals surface area contributed by atoms with Crippen molar-refractivity contribution in [3.05, 3.63) is 53.5 Å². The minimum absolute atomic E-state index is 0.0248. The van der Waals surface area contributed by atoms with Crippen molar-refractivity contribution in [2.24, 2.45) is 5.92 Å². The molecule has 5 nitrogen and oxygen atoms in total. The van der Waals surface area contributed by atoms with E-state index in [1.54, 1.807) is 11.2 Å². The Morgan fingerprint density at radius 3 is 2.96 bits per heavy atom. The first-order valence-electron chi connectivity index (χ1n) is 8.83. The highest BCUT2D eigenvalue weighted by molar-refractivity contribution is 6.00. The van der Waals surface area contributed by atoms with Gasteiger partial charge in [-0.15, -0.1) is 0 Å². The maximum Gasteiger partial charge on any atom is 0.232 e. The fourth-order valence-electron chi connectivity index (χ4n) is 3.97. The number of anilines is 1.